The monoisotopic (exact) mass is 233 g/mol. The number of ether oxygens (including phenoxy) is 1. The number of halogens is 2. The summed E-state index contributed by atoms with van der Waals surface area (Å²) in [5.74, 6) is -0.846. The Hall–Kier alpha value is -1.13. The van der Waals surface area contributed by atoms with Crippen molar-refractivity contribution < 1.29 is 13.9 Å². The third-order valence-corrected chi connectivity index (χ3v) is 2.00. The Morgan fingerprint density at radius 3 is 2.60 bits per heavy atom. The van der Waals surface area contributed by atoms with Crippen molar-refractivity contribution in [3.63, 3.8) is 0 Å². The SMILES string of the molecule is COC(=O)[C@H](N)c1ccc(F)c(C)c1.Cl. The van der Waals surface area contributed by atoms with Crippen LogP contribution in [0.3, 0.4) is 0 Å². The molecule has 1 aromatic carbocycles. The quantitative estimate of drug-likeness (QED) is 0.792. The summed E-state index contributed by atoms with van der Waals surface area (Å²) in [5.41, 5.74) is 6.58. The zero-order chi connectivity index (χ0) is 10.7. The summed E-state index contributed by atoms with van der Waals surface area (Å²) < 4.78 is 17.4. The molecule has 1 atom stereocenters. The highest BCUT2D eigenvalue weighted by Crippen LogP contribution is 2.15. The second kappa shape index (κ2) is 5.68. The fourth-order valence-corrected chi connectivity index (χ4v) is 1.12. The molecule has 0 saturated heterocycles. The third-order valence-electron chi connectivity index (χ3n) is 2.00. The minimum absolute atomic E-state index is 0. The van der Waals surface area contributed by atoms with Gasteiger partial charge in [-0.1, -0.05) is 12.1 Å². The van der Waals surface area contributed by atoms with E-state index in [-0.39, 0.29) is 18.2 Å². The highest BCUT2D eigenvalue weighted by atomic mass is 35.5. The van der Waals surface area contributed by atoms with E-state index in [0.717, 1.165) is 0 Å². The van der Waals surface area contributed by atoms with Gasteiger partial charge in [-0.15, -0.1) is 12.4 Å². The Labute approximate surface area is 93.8 Å². The predicted octanol–water partition coefficient (Wildman–Crippen LogP) is 1.73. The number of carbonyl (C=O) groups excluding carboxylic acids is 1. The van der Waals surface area contributed by atoms with Crippen LogP contribution in [0.5, 0.6) is 0 Å². The molecule has 0 unspecified atom stereocenters. The molecular weight excluding hydrogens is 221 g/mol. The van der Waals surface area contributed by atoms with Crippen LogP contribution in [-0.2, 0) is 9.53 Å². The Morgan fingerprint density at radius 1 is 1.53 bits per heavy atom. The summed E-state index contributed by atoms with van der Waals surface area (Å²) in [6, 6.07) is 3.45. The van der Waals surface area contributed by atoms with Crippen LogP contribution in [-0.4, -0.2) is 13.1 Å². The number of hydrogen-bond donors (Lipinski definition) is 1. The van der Waals surface area contributed by atoms with Crippen molar-refractivity contribution in [2.24, 2.45) is 5.73 Å². The van der Waals surface area contributed by atoms with Gasteiger partial charge in [0.1, 0.15) is 11.9 Å². The first-order valence-corrected chi connectivity index (χ1v) is 4.15. The first-order chi connectivity index (χ1) is 6.56. The van der Waals surface area contributed by atoms with E-state index < -0.39 is 12.0 Å². The van der Waals surface area contributed by atoms with Gasteiger partial charge in [0.25, 0.3) is 0 Å². The van der Waals surface area contributed by atoms with Gasteiger partial charge in [-0.3, -0.25) is 4.79 Å². The molecule has 0 aromatic heterocycles. The molecule has 0 radical (unpaired) electrons. The maximum atomic E-state index is 12.9. The van der Waals surface area contributed by atoms with Crippen LogP contribution in [0.2, 0.25) is 0 Å². The topological polar surface area (TPSA) is 52.3 Å². The van der Waals surface area contributed by atoms with Crippen LogP contribution < -0.4 is 5.73 Å². The Morgan fingerprint density at radius 2 is 2.13 bits per heavy atom. The molecule has 1 rings (SSSR count). The average molecular weight is 234 g/mol. The number of benzene rings is 1. The Bertz CT molecular complexity index is 357. The largest absolute Gasteiger partial charge is 0.468 e. The highest BCUT2D eigenvalue weighted by Gasteiger charge is 2.16. The molecule has 0 heterocycles. The standard InChI is InChI=1S/C10H12FNO2.ClH/c1-6-5-7(3-4-8(6)11)9(12)10(13)14-2;/h3-5,9H,12H2,1-2H3;1H/t9-;/m1./s1. The summed E-state index contributed by atoms with van der Waals surface area (Å²) >= 11 is 0. The van der Waals surface area contributed by atoms with Crippen molar-refractivity contribution in [1.29, 1.82) is 0 Å². The molecule has 2 N–H and O–H groups in total. The predicted molar refractivity (Wildman–Crippen MR) is 57.3 cm³/mol. The molecule has 0 saturated carbocycles. The lowest BCUT2D eigenvalue weighted by atomic mass is 10.1. The van der Waals surface area contributed by atoms with Gasteiger partial charge in [0.05, 0.1) is 7.11 Å². The number of rotatable bonds is 2. The smallest absolute Gasteiger partial charge is 0.327 e. The van der Waals surface area contributed by atoms with E-state index >= 15 is 0 Å². The summed E-state index contributed by atoms with van der Waals surface area (Å²) in [4.78, 5) is 11.1. The van der Waals surface area contributed by atoms with Gasteiger partial charge in [0, 0.05) is 0 Å². The van der Waals surface area contributed by atoms with Crippen molar-refractivity contribution >= 4 is 18.4 Å². The average Bonchev–Trinajstić information content (AvgIpc) is 2.20. The first-order valence-electron chi connectivity index (χ1n) is 4.15. The number of hydrogen-bond acceptors (Lipinski definition) is 3. The van der Waals surface area contributed by atoms with E-state index in [0.29, 0.717) is 11.1 Å². The maximum absolute atomic E-state index is 12.9. The summed E-state index contributed by atoms with van der Waals surface area (Å²) in [6.07, 6.45) is 0. The lowest BCUT2D eigenvalue weighted by Gasteiger charge is -2.10. The molecule has 0 spiro atoms. The molecule has 0 bridgehead atoms. The van der Waals surface area contributed by atoms with Gasteiger partial charge in [-0.25, -0.2) is 4.39 Å². The van der Waals surface area contributed by atoms with Crippen molar-refractivity contribution in [2.75, 3.05) is 7.11 Å². The van der Waals surface area contributed by atoms with Crippen LogP contribution in [0.15, 0.2) is 18.2 Å². The number of nitrogens with two attached hydrogens (primary N) is 1. The molecule has 0 aliphatic rings. The second-order valence-corrected chi connectivity index (χ2v) is 3.01. The Kier molecular flexibility index (Phi) is 5.25. The summed E-state index contributed by atoms with van der Waals surface area (Å²) in [6.45, 7) is 1.61. The molecule has 1 aromatic rings. The molecule has 84 valence electrons. The van der Waals surface area contributed by atoms with E-state index in [1.807, 2.05) is 0 Å². The molecule has 15 heavy (non-hydrogen) atoms. The van der Waals surface area contributed by atoms with E-state index in [9.17, 15) is 9.18 Å². The third kappa shape index (κ3) is 3.18. The molecule has 0 fully saturated rings. The van der Waals surface area contributed by atoms with Crippen LogP contribution in [0.4, 0.5) is 4.39 Å². The number of aryl methyl sites for hydroxylation is 1. The fraction of sp³-hybridized carbons (Fsp3) is 0.300. The van der Waals surface area contributed by atoms with Crippen molar-refractivity contribution in [3.05, 3.63) is 35.1 Å². The zero-order valence-electron chi connectivity index (χ0n) is 8.49. The molecular formula is C10H13ClFNO2. The molecule has 0 amide bonds. The van der Waals surface area contributed by atoms with Crippen molar-refractivity contribution in [3.8, 4) is 0 Å². The number of carbonyl (C=O) groups is 1. The van der Waals surface area contributed by atoms with Crippen molar-refractivity contribution in [2.45, 2.75) is 13.0 Å². The minimum atomic E-state index is -0.848. The van der Waals surface area contributed by atoms with Gasteiger partial charge in [-0.05, 0) is 24.1 Å². The summed E-state index contributed by atoms with van der Waals surface area (Å²) in [7, 11) is 1.26. The van der Waals surface area contributed by atoms with E-state index in [4.69, 9.17) is 5.73 Å². The highest BCUT2D eigenvalue weighted by molar-refractivity contribution is 5.85. The van der Waals surface area contributed by atoms with Crippen molar-refractivity contribution in [1.82, 2.24) is 0 Å². The van der Waals surface area contributed by atoms with E-state index in [1.165, 1.54) is 25.3 Å². The van der Waals surface area contributed by atoms with Gasteiger partial charge in [-0.2, -0.15) is 0 Å². The maximum Gasteiger partial charge on any atom is 0.327 e. The number of methoxy groups -OCH3 is 1. The molecule has 3 nitrogen and oxygen atoms in total. The Balaban J connectivity index is 0.00000196. The van der Waals surface area contributed by atoms with Gasteiger partial charge < -0.3 is 10.5 Å². The summed E-state index contributed by atoms with van der Waals surface area (Å²) in [5, 5.41) is 0. The van der Waals surface area contributed by atoms with Crippen LogP contribution >= 0.6 is 12.4 Å². The second-order valence-electron chi connectivity index (χ2n) is 3.01. The molecule has 0 aliphatic carbocycles. The van der Waals surface area contributed by atoms with Crippen LogP contribution in [0.1, 0.15) is 17.2 Å². The molecule has 5 heteroatoms. The van der Waals surface area contributed by atoms with Crippen LogP contribution in [0.25, 0.3) is 0 Å². The van der Waals surface area contributed by atoms with Crippen LogP contribution in [0, 0.1) is 12.7 Å². The minimum Gasteiger partial charge on any atom is -0.468 e. The lowest BCUT2D eigenvalue weighted by Crippen LogP contribution is -2.22. The molecule has 0 aliphatic heterocycles. The van der Waals surface area contributed by atoms with E-state index in [1.54, 1.807) is 6.92 Å². The lowest BCUT2D eigenvalue weighted by molar-refractivity contribution is -0.142. The fourth-order valence-electron chi connectivity index (χ4n) is 1.12. The first kappa shape index (κ1) is 13.9. The van der Waals surface area contributed by atoms with Gasteiger partial charge >= 0.3 is 5.97 Å². The number of esters is 1. The normalized spacial score (nSPS) is 11.5. The van der Waals surface area contributed by atoms with Gasteiger partial charge in [0.2, 0.25) is 0 Å². The van der Waals surface area contributed by atoms with E-state index in [2.05, 4.69) is 4.74 Å². The van der Waals surface area contributed by atoms with Gasteiger partial charge in [0.15, 0.2) is 0 Å². The zero-order valence-corrected chi connectivity index (χ0v) is 9.31.